The molecule has 0 rings (SSSR count). The van der Waals surface area contributed by atoms with Crippen LogP contribution < -0.4 is 26.2 Å². The zero-order valence-corrected chi connectivity index (χ0v) is 15.7. The van der Waals surface area contributed by atoms with Crippen LogP contribution in [-0.4, -0.2) is 49.5 Å². The Labute approximate surface area is 148 Å². The molecule has 2 amide bonds. The lowest BCUT2D eigenvalue weighted by molar-refractivity contribution is -0.128. The summed E-state index contributed by atoms with van der Waals surface area (Å²) in [6, 6.07) is -1.23. The highest BCUT2D eigenvalue weighted by Crippen LogP contribution is 2.04. The van der Waals surface area contributed by atoms with Gasteiger partial charge in [-0.1, -0.05) is 30.3 Å². The van der Waals surface area contributed by atoms with Gasteiger partial charge in [0.1, 0.15) is 6.04 Å². The normalized spacial score (nSPS) is 13.5. The highest BCUT2D eigenvalue weighted by Gasteiger charge is 2.21. The van der Waals surface area contributed by atoms with Crippen molar-refractivity contribution >= 4 is 35.7 Å². The molecule has 0 aromatic carbocycles. The van der Waals surface area contributed by atoms with Gasteiger partial charge >= 0.3 is 0 Å². The van der Waals surface area contributed by atoms with E-state index in [4.69, 9.17) is 11.5 Å². The number of amides is 2. The first-order valence-corrected chi connectivity index (χ1v) is 10.3. The van der Waals surface area contributed by atoms with Crippen molar-refractivity contribution in [3.63, 3.8) is 0 Å². The first kappa shape index (κ1) is 22.5. The fraction of sp³-hybridized carbons (Fsp3) is 0.857. The molecule has 0 spiro atoms. The minimum absolute atomic E-state index is 0.297. The molecule has 7 nitrogen and oxygen atoms in total. The number of unbranched alkanes of at least 4 members (excludes halogenated alkanes) is 2. The van der Waals surface area contributed by atoms with E-state index in [1.165, 1.54) is 0 Å². The Morgan fingerprint density at radius 1 is 0.957 bits per heavy atom. The molecule has 2 atom stereocenters. The van der Waals surface area contributed by atoms with Crippen LogP contribution in [0.3, 0.4) is 0 Å². The van der Waals surface area contributed by atoms with Crippen LogP contribution in [0.2, 0.25) is 0 Å². The van der Waals surface area contributed by atoms with E-state index in [1.54, 1.807) is 23.9 Å². The van der Waals surface area contributed by atoms with Gasteiger partial charge in [-0.2, -0.15) is 0 Å². The van der Waals surface area contributed by atoms with Crippen molar-refractivity contribution in [1.82, 2.24) is 14.8 Å². The molecule has 2 unspecified atom stereocenters. The van der Waals surface area contributed by atoms with Gasteiger partial charge in [-0.15, -0.1) is 0 Å². The molecule has 0 aliphatic rings. The number of hydrogen-bond acceptors (Lipinski definition) is 7. The van der Waals surface area contributed by atoms with Crippen LogP contribution in [0.5, 0.6) is 0 Å². The van der Waals surface area contributed by atoms with E-state index in [2.05, 4.69) is 14.8 Å². The van der Waals surface area contributed by atoms with E-state index in [0.717, 1.165) is 38.8 Å². The van der Waals surface area contributed by atoms with Crippen LogP contribution in [-0.2, 0) is 9.59 Å². The van der Waals surface area contributed by atoms with Crippen molar-refractivity contribution in [2.24, 2.45) is 11.5 Å². The van der Waals surface area contributed by atoms with Crippen molar-refractivity contribution in [3.05, 3.63) is 0 Å². The SMILES string of the molecule is CSNCCCCC(N)C(=O)NC(CCCCNSC)C(N)=O. The lowest BCUT2D eigenvalue weighted by atomic mass is 10.1. The van der Waals surface area contributed by atoms with Gasteiger partial charge in [-0.25, -0.2) is 0 Å². The number of nitrogens with two attached hydrogens (primary N) is 2. The molecular weight excluding hydrogens is 334 g/mol. The van der Waals surface area contributed by atoms with Crippen LogP contribution in [0, 0.1) is 0 Å². The van der Waals surface area contributed by atoms with E-state index in [1.807, 2.05) is 12.5 Å². The minimum Gasteiger partial charge on any atom is -0.368 e. The Morgan fingerprint density at radius 2 is 1.48 bits per heavy atom. The van der Waals surface area contributed by atoms with Crippen molar-refractivity contribution in [3.8, 4) is 0 Å². The maximum Gasteiger partial charge on any atom is 0.240 e. The maximum atomic E-state index is 12.0. The maximum absolute atomic E-state index is 12.0. The topological polar surface area (TPSA) is 122 Å². The number of hydrogen-bond donors (Lipinski definition) is 5. The smallest absolute Gasteiger partial charge is 0.240 e. The van der Waals surface area contributed by atoms with Gasteiger partial charge in [0.25, 0.3) is 0 Å². The third-order valence-electron chi connectivity index (χ3n) is 3.35. The van der Waals surface area contributed by atoms with Gasteiger partial charge in [0.15, 0.2) is 0 Å². The van der Waals surface area contributed by atoms with E-state index in [9.17, 15) is 9.59 Å². The first-order chi connectivity index (χ1) is 11.0. The van der Waals surface area contributed by atoms with Crippen LogP contribution in [0.25, 0.3) is 0 Å². The van der Waals surface area contributed by atoms with Crippen molar-refractivity contribution in [2.45, 2.75) is 50.6 Å². The highest BCUT2D eigenvalue weighted by molar-refractivity contribution is 7.96. The number of carbonyl (C=O) groups is 2. The Hall–Kier alpha value is -0.480. The fourth-order valence-electron chi connectivity index (χ4n) is 2.01. The standard InChI is InChI=1S/C14H31N5O2S2/c1-22-17-9-5-3-7-11(15)14(21)19-12(13(16)20)8-4-6-10-18-23-2/h11-12,17-18H,3-10,15H2,1-2H3,(H2,16,20)(H,19,21). The molecular formula is C14H31N5O2S2. The molecule has 9 heteroatoms. The zero-order valence-electron chi connectivity index (χ0n) is 14.1. The quantitative estimate of drug-likeness (QED) is 0.210. The molecule has 0 aliphatic carbocycles. The van der Waals surface area contributed by atoms with E-state index in [0.29, 0.717) is 12.8 Å². The number of nitrogens with one attached hydrogen (secondary N) is 3. The van der Waals surface area contributed by atoms with E-state index < -0.39 is 18.0 Å². The Balaban J connectivity index is 4.00. The van der Waals surface area contributed by atoms with Crippen LogP contribution >= 0.6 is 23.9 Å². The molecule has 0 aromatic heterocycles. The summed E-state index contributed by atoms with van der Waals surface area (Å²) in [7, 11) is 0. The average Bonchev–Trinajstić information content (AvgIpc) is 2.52. The van der Waals surface area contributed by atoms with Gasteiger partial charge in [0.2, 0.25) is 11.8 Å². The second-order valence-electron chi connectivity index (χ2n) is 5.26. The summed E-state index contributed by atoms with van der Waals surface area (Å²) in [5.41, 5.74) is 11.2. The molecule has 136 valence electrons. The first-order valence-electron chi connectivity index (χ1n) is 7.89. The molecule has 0 bridgehead atoms. The second kappa shape index (κ2) is 15.1. The van der Waals surface area contributed by atoms with Gasteiger partial charge < -0.3 is 16.8 Å². The molecule has 0 aliphatic heterocycles. The zero-order chi connectivity index (χ0) is 17.5. The van der Waals surface area contributed by atoms with E-state index in [-0.39, 0.29) is 5.91 Å². The average molecular weight is 366 g/mol. The summed E-state index contributed by atoms with van der Waals surface area (Å²) in [4.78, 5) is 23.5. The van der Waals surface area contributed by atoms with Crippen molar-refractivity contribution < 1.29 is 9.59 Å². The Kier molecular flexibility index (Phi) is 14.8. The predicted molar refractivity (Wildman–Crippen MR) is 99.8 cm³/mol. The minimum atomic E-state index is -0.638. The summed E-state index contributed by atoms with van der Waals surface area (Å²) in [5, 5.41) is 2.68. The summed E-state index contributed by atoms with van der Waals surface area (Å²) in [6.07, 6.45) is 8.65. The third kappa shape index (κ3) is 12.6. The number of carbonyl (C=O) groups excluding carboxylic acids is 2. The molecule has 0 heterocycles. The summed E-state index contributed by atoms with van der Waals surface area (Å²) in [5.74, 6) is -0.804. The molecule has 0 saturated heterocycles. The Bertz CT molecular complexity index is 334. The van der Waals surface area contributed by atoms with Gasteiger partial charge in [-0.3, -0.25) is 19.0 Å². The highest BCUT2D eigenvalue weighted by atomic mass is 32.2. The largest absolute Gasteiger partial charge is 0.368 e. The van der Waals surface area contributed by atoms with Crippen molar-refractivity contribution in [2.75, 3.05) is 25.6 Å². The summed E-state index contributed by atoms with van der Waals surface area (Å²) < 4.78 is 6.28. The van der Waals surface area contributed by atoms with Gasteiger partial charge in [-0.05, 0) is 44.6 Å². The second-order valence-corrected chi connectivity index (χ2v) is 6.65. The molecule has 0 aromatic rings. The predicted octanol–water partition coefficient (Wildman–Crippen LogP) is 0.360. The lowest BCUT2D eigenvalue weighted by Crippen LogP contribution is -2.50. The molecule has 23 heavy (non-hydrogen) atoms. The fourth-order valence-corrected chi connectivity index (χ4v) is 2.70. The van der Waals surface area contributed by atoms with Crippen molar-refractivity contribution in [1.29, 1.82) is 0 Å². The van der Waals surface area contributed by atoms with Crippen LogP contribution in [0.1, 0.15) is 38.5 Å². The molecule has 7 N–H and O–H groups in total. The summed E-state index contributed by atoms with van der Waals surface area (Å²) in [6.45, 7) is 1.76. The monoisotopic (exact) mass is 365 g/mol. The third-order valence-corrected chi connectivity index (χ3v) is 4.34. The van der Waals surface area contributed by atoms with Crippen LogP contribution in [0.15, 0.2) is 0 Å². The molecule has 0 radical (unpaired) electrons. The van der Waals surface area contributed by atoms with Gasteiger partial charge in [0, 0.05) is 13.1 Å². The molecule has 0 fully saturated rings. The lowest BCUT2D eigenvalue weighted by Gasteiger charge is -2.18. The van der Waals surface area contributed by atoms with E-state index >= 15 is 0 Å². The number of primary amides is 1. The Morgan fingerprint density at radius 3 is 1.96 bits per heavy atom. The van der Waals surface area contributed by atoms with Crippen LogP contribution in [0.4, 0.5) is 0 Å². The molecule has 0 saturated carbocycles. The number of rotatable bonds is 15. The summed E-state index contributed by atoms with van der Waals surface area (Å²) >= 11 is 3.13. The van der Waals surface area contributed by atoms with Gasteiger partial charge in [0.05, 0.1) is 6.04 Å².